The summed E-state index contributed by atoms with van der Waals surface area (Å²) in [4.78, 5) is 12.7. The van der Waals surface area contributed by atoms with Crippen molar-refractivity contribution in [1.82, 2.24) is 0 Å². The second-order valence-electron chi connectivity index (χ2n) is 6.92. The Bertz CT molecular complexity index is 814. The Morgan fingerprint density at radius 3 is 2.11 bits per heavy atom. The van der Waals surface area contributed by atoms with Crippen LogP contribution in [0.25, 0.3) is 0 Å². The van der Waals surface area contributed by atoms with Crippen molar-refractivity contribution in [2.75, 3.05) is 10.6 Å². The van der Waals surface area contributed by atoms with E-state index < -0.39 is 17.8 Å². The summed E-state index contributed by atoms with van der Waals surface area (Å²) in [6.07, 6.45) is -4.47. The third-order valence-corrected chi connectivity index (χ3v) is 4.36. The maximum Gasteiger partial charge on any atom is 0.416 e. The van der Waals surface area contributed by atoms with Crippen molar-refractivity contribution < 1.29 is 18.0 Å². The van der Waals surface area contributed by atoms with Crippen LogP contribution >= 0.6 is 11.6 Å². The van der Waals surface area contributed by atoms with Crippen molar-refractivity contribution in [3.63, 3.8) is 0 Å². The molecule has 0 aliphatic carbocycles. The summed E-state index contributed by atoms with van der Waals surface area (Å²) in [5.41, 5.74) is 2.15. The fourth-order valence-electron chi connectivity index (χ4n) is 2.78. The minimum Gasteiger partial charge on any atom is -0.372 e. The molecule has 2 rings (SSSR count). The number of rotatable bonds is 5. The fraction of sp³-hybridized carbons (Fsp3) is 0.350. The van der Waals surface area contributed by atoms with E-state index in [1.807, 2.05) is 45.9 Å². The highest BCUT2D eigenvalue weighted by atomic mass is 35.5. The van der Waals surface area contributed by atoms with E-state index in [1.54, 1.807) is 0 Å². The molecule has 0 bridgehead atoms. The predicted octanol–water partition coefficient (Wildman–Crippen LogP) is 6.05. The van der Waals surface area contributed by atoms with Gasteiger partial charge in [-0.3, -0.25) is 4.79 Å². The summed E-state index contributed by atoms with van der Waals surface area (Å²) in [5, 5.41) is 5.73. The lowest BCUT2D eigenvalue weighted by Gasteiger charge is -2.24. The molecular formula is C20H22ClF3N2O. The molecule has 3 nitrogen and oxygen atoms in total. The summed E-state index contributed by atoms with van der Waals surface area (Å²) < 4.78 is 38.3. The lowest BCUT2D eigenvalue weighted by atomic mass is 10.0. The molecule has 0 saturated heterocycles. The van der Waals surface area contributed by atoms with Gasteiger partial charge in [-0.15, -0.1) is 0 Å². The average molecular weight is 399 g/mol. The number of amides is 1. The molecule has 0 heterocycles. The van der Waals surface area contributed by atoms with Crippen LogP contribution in [0.3, 0.4) is 0 Å². The molecule has 0 fully saturated rings. The van der Waals surface area contributed by atoms with Crippen molar-refractivity contribution >= 4 is 28.9 Å². The Kier molecular flexibility index (Phi) is 6.42. The number of hydrogen-bond acceptors (Lipinski definition) is 2. The van der Waals surface area contributed by atoms with E-state index in [0.717, 1.165) is 23.3 Å². The molecule has 2 N–H and O–H groups in total. The normalized spacial score (nSPS) is 12.8. The van der Waals surface area contributed by atoms with E-state index in [9.17, 15) is 18.0 Å². The van der Waals surface area contributed by atoms with Gasteiger partial charge in [0, 0.05) is 5.69 Å². The van der Waals surface area contributed by atoms with Crippen LogP contribution in [0.4, 0.5) is 24.5 Å². The van der Waals surface area contributed by atoms with Gasteiger partial charge in [-0.05, 0) is 61.2 Å². The summed E-state index contributed by atoms with van der Waals surface area (Å²) in [6.45, 7) is 7.55. The number of aryl methyl sites for hydroxylation is 2. The largest absolute Gasteiger partial charge is 0.416 e. The first-order chi connectivity index (χ1) is 12.5. The Labute approximate surface area is 161 Å². The second kappa shape index (κ2) is 8.21. The van der Waals surface area contributed by atoms with E-state index in [1.165, 1.54) is 6.07 Å². The number of nitrogens with one attached hydrogen (secondary N) is 2. The zero-order chi connectivity index (χ0) is 20.4. The van der Waals surface area contributed by atoms with Crippen molar-refractivity contribution in [1.29, 1.82) is 0 Å². The molecule has 1 amide bonds. The van der Waals surface area contributed by atoms with Gasteiger partial charge in [0.25, 0.3) is 0 Å². The van der Waals surface area contributed by atoms with Crippen LogP contribution < -0.4 is 10.6 Å². The van der Waals surface area contributed by atoms with Gasteiger partial charge in [-0.2, -0.15) is 13.2 Å². The highest BCUT2D eigenvalue weighted by Gasteiger charge is 2.31. The molecule has 2 aromatic carbocycles. The summed E-state index contributed by atoms with van der Waals surface area (Å²) in [6, 6.07) is 8.07. The number of hydrogen-bond donors (Lipinski definition) is 2. The monoisotopic (exact) mass is 398 g/mol. The number of carbonyl (C=O) groups is 1. The first kappa shape index (κ1) is 21.1. The number of benzene rings is 2. The Hall–Kier alpha value is -2.21. The highest BCUT2D eigenvalue weighted by molar-refractivity contribution is 6.33. The van der Waals surface area contributed by atoms with Gasteiger partial charge in [0.15, 0.2) is 0 Å². The van der Waals surface area contributed by atoms with E-state index in [2.05, 4.69) is 10.6 Å². The second-order valence-corrected chi connectivity index (χ2v) is 7.33. The van der Waals surface area contributed by atoms with Gasteiger partial charge < -0.3 is 10.6 Å². The maximum absolute atomic E-state index is 12.8. The molecule has 0 unspecified atom stereocenters. The molecular weight excluding hydrogens is 377 g/mol. The maximum atomic E-state index is 12.8. The van der Waals surface area contributed by atoms with Crippen LogP contribution in [0.5, 0.6) is 0 Å². The van der Waals surface area contributed by atoms with Crippen molar-refractivity contribution in [3.05, 3.63) is 58.1 Å². The van der Waals surface area contributed by atoms with E-state index in [0.29, 0.717) is 5.69 Å². The predicted molar refractivity (Wildman–Crippen MR) is 103 cm³/mol. The highest BCUT2D eigenvalue weighted by Crippen LogP contribution is 2.34. The molecule has 0 aromatic heterocycles. The first-order valence-electron chi connectivity index (χ1n) is 8.50. The zero-order valence-corrected chi connectivity index (χ0v) is 16.3. The molecule has 27 heavy (non-hydrogen) atoms. The SMILES string of the molecule is Cc1cc(C)cc(NC(=O)[C@H](Nc2ccc(C(F)(F)F)cc2Cl)C(C)C)c1. The third-order valence-electron chi connectivity index (χ3n) is 4.05. The average Bonchev–Trinajstić information content (AvgIpc) is 2.51. The minimum absolute atomic E-state index is 0.0883. The van der Waals surface area contributed by atoms with Crippen LogP contribution in [0, 0.1) is 19.8 Å². The lowest BCUT2D eigenvalue weighted by molar-refractivity contribution is -0.137. The standard InChI is InChI=1S/C20H22ClF3N2O/c1-11(2)18(19(27)25-15-8-12(3)7-13(4)9-15)26-17-6-5-14(10-16(17)21)20(22,23)24/h5-11,18,26H,1-4H3,(H,25,27)/t18-/m1/s1. The molecule has 0 aliphatic heterocycles. The van der Waals surface area contributed by atoms with Crippen molar-refractivity contribution in [3.8, 4) is 0 Å². The van der Waals surface area contributed by atoms with Gasteiger partial charge in [-0.1, -0.05) is 31.5 Å². The van der Waals surface area contributed by atoms with Crippen LogP contribution in [0.15, 0.2) is 36.4 Å². The van der Waals surface area contributed by atoms with Gasteiger partial charge in [0.1, 0.15) is 6.04 Å². The summed E-state index contributed by atoms with van der Waals surface area (Å²) in [7, 11) is 0. The molecule has 1 atom stereocenters. The quantitative estimate of drug-likeness (QED) is 0.643. The van der Waals surface area contributed by atoms with E-state index >= 15 is 0 Å². The Morgan fingerprint density at radius 1 is 1.04 bits per heavy atom. The molecule has 0 spiro atoms. The van der Waals surface area contributed by atoms with Crippen LogP contribution in [-0.2, 0) is 11.0 Å². The topological polar surface area (TPSA) is 41.1 Å². The van der Waals surface area contributed by atoms with Crippen LogP contribution in [0.1, 0.15) is 30.5 Å². The zero-order valence-electron chi connectivity index (χ0n) is 15.5. The minimum atomic E-state index is -4.47. The molecule has 146 valence electrons. The van der Waals surface area contributed by atoms with Gasteiger partial charge >= 0.3 is 6.18 Å². The number of anilines is 2. The van der Waals surface area contributed by atoms with Crippen molar-refractivity contribution in [2.45, 2.75) is 39.9 Å². The molecule has 0 saturated carbocycles. The number of alkyl halides is 3. The number of carbonyl (C=O) groups excluding carboxylic acids is 1. The van der Waals surface area contributed by atoms with Crippen molar-refractivity contribution in [2.24, 2.45) is 5.92 Å². The van der Waals surface area contributed by atoms with Gasteiger partial charge in [0.05, 0.1) is 16.3 Å². The molecule has 2 aromatic rings. The van der Waals surface area contributed by atoms with Crippen LogP contribution in [0.2, 0.25) is 5.02 Å². The lowest BCUT2D eigenvalue weighted by Crippen LogP contribution is -2.39. The van der Waals surface area contributed by atoms with Gasteiger partial charge in [0.2, 0.25) is 5.91 Å². The van der Waals surface area contributed by atoms with E-state index in [-0.39, 0.29) is 22.5 Å². The Morgan fingerprint density at radius 2 is 1.63 bits per heavy atom. The fourth-order valence-corrected chi connectivity index (χ4v) is 3.01. The third kappa shape index (κ3) is 5.63. The first-order valence-corrected chi connectivity index (χ1v) is 8.87. The molecule has 0 radical (unpaired) electrons. The van der Waals surface area contributed by atoms with Gasteiger partial charge in [-0.25, -0.2) is 0 Å². The Balaban J connectivity index is 2.21. The summed E-state index contributed by atoms with van der Waals surface area (Å²) >= 11 is 6.00. The summed E-state index contributed by atoms with van der Waals surface area (Å²) in [5.74, 6) is -0.403. The van der Waals surface area contributed by atoms with E-state index in [4.69, 9.17) is 11.6 Å². The smallest absolute Gasteiger partial charge is 0.372 e. The number of halogens is 4. The van der Waals surface area contributed by atoms with Crippen LogP contribution in [-0.4, -0.2) is 11.9 Å². The molecule has 0 aliphatic rings. The molecule has 7 heteroatoms.